The van der Waals surface area contributed by atoms with Gasteiger partial charge >= 0.3 is 5.97 Å². The number of hydrogen-bond acceptors (Lipinski definition) is 5. The van der Waals surface area contributed by atoms with Gasteiger partial charge in [-0.3, -0.25) is 14.5 Å². The summed E-state index contributed by atoms with van der Waals surface area (Å²) in [6.07, 6.45) is 0.357. The summed E-state index contributed by atoms with van der Waals surface area (Å²) in [5, 5.41) is 0.743. The lowest BCUT2D eigenvalue weighted by atomic mass is 9.79. The Morgan fingerprint density at radius 1 is 1.09 bits per heavy atom. The molecule has 0 saturated carbocycles. The van der Waals surface area contributed by atoms with E-state index < -0.39 is 31.3 Å². The highest BCUT2D eigenvalue weighted by molar-refractivity contribution is 6.72. The van der Waals surface area contributed by atoms with Gasteiger partial charge in [0.15, 0.2) is 14.1 Å². The van der Waals surface area contributed by atoms with Crippen molar-refractivity contribution in [3.05, 3.63) is 69.7 Å². The average Bonchev–Trinajstić information content (AvgIpc) is 2.73. The number of methoxy groups -OCH3 is 1. The topological polar surface area (TPSA) is 66.8 Å². The van der Waals surface area contributed by atoms with E-state index in [0.717, 1.165) is 11.1 Å². The van der Waals surface area contributed by atoms with Crippen LogP contribution in [-0.4, -0.2) is 49.5 Å². The van der Waals surface area contributed by atoms with Gasteiger partial charge in [0.05, 0.1) is 31.7 Å². The molecule has 0 aliphatic carbocycles. The summed E-state index contributed by atoms with van der Waals surface area (Å²) in [6.45, 7) is 7.84. The molecule has 1 N–H and O–H groups in total. The SMILES string of the molecule is COC(=O)C(CC(C)(C)[Si](C)(C)O)C1C(=O)CN1C(c1ccc(Cl)cc1)c1ccc(Cl)cc1. The number of halogens is 2. The van der Waals surface area contributed by atoms with E-state index in [9.17, 15) is 14.4 Å². The van der Waals surface area contributed by atoms with Crippen LogP contribution in [0.15, 0.2) is 48.5 Å². The Bertz CT molecular complexity index is 957. The van der Waals surface area contributed by atoms with Crippen molar-refractivity contribution in [2.45, 2.75) is 50.5 Å². The predicted octanol–water partition coefficient (Wildman–Crippen LogP) is 5.49. The fraction of sp³-hybridized carbons (Fsp3) is 0.440. The molecule has 1 heterocycles. The molecule has 0 aromatic heterocycles. The third kappa shape index (κ3) is 5.52. The molecule has 0 spiro atoms. The van der Waals surface area contributed by atoms with E-state index in [1.165, 1.54) is 7.11 Å². The van der Waals surface area contributed by atoms with Crippen molar-refractivity contribution < 1.29 is 19.1 Å². The molecule has 1 aliphatic rings. The molecule has 5 nitrogen and oxygen atoms in total. The first-order valence-corrected chi connectivity index (χ1v) is 14.7. The lowest BCUT2D eigenvalue weighted by Crippen LogP contribution is -2.63. The summed E-state index contributed by atoms with van der Waals surface area (Å²) in [6, 6.07) is 14.1. The first-order chi connectivity index (χ1) is 15.4. The summed E-state index contributed by atoms with van der Waals surface area (Å²) in [4.78, 5) is 38.8. The number of rotatable bonds is 8. The van der Waals surface area contributed by atoms with Gasteiger partial charge in [0.1, 0.15) is 0 Å². The van der Waals surface area contributed by atoms with Crippen LogP contribution in [0, 0.1) is 5.92 Å². The summed E-state index contributed by atoms with van der Waals surface area (Å²) in [5.74, 6) is -1.13. The van der Waals surface area contributed by atoms with Crippen LogP contribution in [0.5, 0.6) is 0 Å². The summed E-state index contributed by atoms with van der Waals surface area (Å²) in [5.41, 5.74) is 1.91. The van der Waals surface area contributed by atoms with Crippen LogP contribution < -0.4 is 0 Å². The molecule has 0 radical (unpaired) electrons. The monoisotopic (exact) mass is 507 g/mol. The fourth-order valence-corrected chi connectivity index (χ4v) is 5.26. The van der Waals surface area contributed by atoms with Gasteiger partial charge in [-0.15, -0.1) is 0 Å². The Morgan fingerprint density at radius 2 is 1.55 bits per heavy atom. The molecule has 0 amide bonds. The van der Waals surface area contributed by atoms with Crippen LogP contribution >= 0.6 is 23.2 Å². The number of nitrogens with zero attached hydrogens (tertiary/aromatic N) is 1. The number of benzene rings is 2. The number of esters is 1. The molecule has 178 valence electrons. The van der Waals surface area contributed by atoms with E-state index in [-0.39, 0.29) is 18.4 Å². The second-order valence-corrected chi connectivity index (χ2v) is 15.2. The van der Waals surface area contributed by atoms with Crippen molar-refractivity contribution in [1.82, 2.24) is 4.90 Å². The molecule has 1 fully saturated rings. The Kier molecular flexibility index (Phi) is 7.76. The predicted molar refractivity (Wildman–Crippen MR) is 134 cm³/mol. The third-order valence-electron chi connectivity index (χ3n) is 7.00. The zero-order chi connectivity index (χ0) is 24.6. The lowest BCUT2D eigenvalue weighted by Gasteiger charge is -2.49. The highest BCUT2D eigenvalue weighted by atomic mass is 35.5. The number of ketones is 1. The van der Waals surface area contributed by atoms with Crippen molar-refractivity contribution in [3.63, 3.8) is 0 Å². The number of hydrogen-bond donors (Lipinski definition) is 1. The maximum atomic E-state index is 13.0. The minimum atomic E-state index is -2.62. The largest absolute Gasteiger partial charge is 0.469 e. The second kappa shape index (κ2) is 9.88. The molecular formula is C25H31Cl2NO4Si. The van der Waals surface area contributed by atoms with Gasteiger partial charge in [-0.25, -0.2) is 0 Å². The standard InChI is InChI=1S/C25H31Cl2NO4Si/c1-25(2,33(4,5)31)14-20(24(30)32-3)23-21(29)15-28(23)22(16-6-10-18(26)11-7-16)17-8-12-19(27)13-9-17/h6-13,20,22-23,31H,14-15H2,1-5H3. The number of likely N-dealkylation sites (tertiary alicyclic amines) is 1. The zero-order valence-corrected chi connectivity index (χ0v) is 22.2. The van der Waals surface area contributed by atoms with Crippen LogP contribution in [0.2, 0.25) is 28.2 Å². The fourth-order valence-electron chi connectivity index (χ4n) is 4.29. The van der Waals surface area contributed by atoms with E-state index in [0.29, 0.717) is 16.5 Å². The molecule has 0 bridgehead atoms. The van der Waals surface area contributed by atoms with Crippen molar-refractivity contribution in [2.24, 2.45) is 5.92 Å². The maximum Gasteiger partial charge on any atom is 0.310 e. The molecule has 2 unspecified atom stereocenters. The highest BCUT2D eigenvalue weighted by Crippen LogP contribution is 2.46. The van der Waals surface area contributed by atoms with E-state index in [2.05, 4.69) is 0 Å². The Hall–Kier alpha value is -1.70. The van der Waals surface area contributed by atoms with Gasteiger partial charge in [-0.1, -0.05) is 61.3 Å². The smallest absolute Gasteiger partial charge is 0.310 e. The van der Waals surface area contributed by atoms with Gasteiger partial charge in [-0.05, 0) is 59.9 Å². The third-order valence-corrected chi connectivity index (χ3v) is 11.0. The number of carbonyl (C=O) groups is 2. The van der Waals surface area contributed by atoms with Crippen LogP contribution in [-0.2, 0) is 14.3 Å². The van der Waals surface area contributed by atoms with Crippen LogP contribution in [0.1, 0.15) is 37.4 Å². The Balaban J connectivity index is 2.04. The van der Waals surface area contributed by atoms with Crippen molar-refractivity contribution in [2.75, 3.05) is 13.7 Å². The Labute approximate surface area is 206 Å². The van der Waals surface area contributed by atoms with Crippen LogP contribution in [0.3, 0.4) is 0 Å². The van der Waals surface area contributed by atoms with E-state index in [1.54, 1.807) is 0 Å². The van der Waals surface area contributed by atoms with E-state index >= 15 is 0 Å². The average molecular weight is 509 g/mol. The molecule has 2 aromatic rings. The second-order valence-electron chi connectivity index (χ2n) is 9.87. The summed E-state index contributed by atoms with van der Waals surface area (Å²) in [7, 11) is -1.28. The first-order valence-electron chi connectivity index (χ1n) is 11.0. The lowest BCUT2D eigenvalue weighted by molar-refractivity contribution is -0.159. The number of ether oxygens (including phenoxy) is 1. The first kappa shape index (κ1) is 25.9. The number of Topliss-reactive ketones (excluding diaryl/α,β-unsaturated/α-hetero) is 1. The molecule has 8 heteroatoms. The minimum absolute atomic E-state index is 0.00783. The zero-order valence-electron chi connectivity index (χ0n) is 19.6. The molecule has 2 atom stereocenters. The van der Waals surface area contributed by atoms with Gasteiger partial charge in [0.2, 0.25) is 0 Å². The van der Waals surface area contributed by atoms with E-state index in [1.807, 2.05) is 80.4 Å². The minimum Gasteiger partial charge on any atom is -0.469 e. The van der Waals surface area contributed by atoms with Crippen LogP contribution in [0.4, 0.5) is 0 Å². The molecule has 33 heavy (non-hydrogen) atoms. The molecule has 1 saturated heterocycles. The molecular weight excluding hydrogens is 477 g/mol. The van der Waals surface area contributed by atoms with Crippen molar-refractivity contribution >= 4 is 43.3 Å². The van der Waals surface area contributed by atoms with Crippen LogP contribution in [0.25, 0.3) is 0 Å². The van der Waals surface area contributed by atoms with Gasteiger partial charge in [0, 0.05) is 10.0 Å². The van der Waals surface area contributed by atoms with E-state index in [4.69, 9.17) is 27.9 Å². The normalized spacial score (nSPS) is 18.2. The van der Waals surface area contributed by atoms with Gasteiger partial charge in [0.25, 0.3) is 0 Å². The summed E-state index contributed by atoms with van der Waals surface area (Å²) < 4.78 is 5.13. The van der Waals surface area contributed by atoms with Crippen molar-refractivity contribution in [3.8, 4) is 0 Å². The maximum absolute atomic E-state index is 13.0. The van der Waals surface area contributed by atoms with Crippen molar-refractivity contribution in [1.29, 1.82) is 0 Å². The molecule has 3 rings (SSSR count). The molecule has 1 aliphatic heterocycles. The quantitative estimate of drug-likeness (QED) is 0.377. The number of carbonyl (C=O) groups excluding carboxylic acids is 2. The molecule has 2 aromatic carbocycles. The summed E-state index contributed by atoms with van der Waals surface area (Å²) >= 11 is 12.2. The van der Waals surface area contributed by atoms with Gasteiger partial charge < -0.3 is 9.53 Å². The highest BCUT2D eigenvalue weighted by Gasteiger charge is 2.52. The van der Waals surface area contributed by atoms with Gasteiger partial charge in [-0.2, -0.15) is 0 Å². The Morgan fingerprint density at radius 3 is 1.91 bits per heavy atom.